The first-order valence-corrected chi connectivity index (χ1v) is 5.20. The lowest BCUT2D eigenvalue weighted by molar-refractivity contribution is 1.33. The molecule has 0 saturated heterocycles. The standard InChI is InChI=1S/C9H5Cl2NS/c10-8-4-7(9(11)13-8)6-2-1-3-12-5-6/h1-5H. The normalized spacial score (nSPS) is 10.3. The van der Waals surface area contributed by atoms with Crippen LogP contribution in [0.5, 0.6) is 0 Å². The molecule has 0 unspecified atom stereocenters. The van der Waals surface area contributed by atoms with Crippen LogP contribution in [-0.2, 0) is 0 Å². The van der Waals surface area contributed by atoms with Gasteiger partial charge in [0.2, 0.25) is 0 Å². The molecule has 0 atom stereocenters. The molecule has 1 nitrogen and oxygen atoms in total. The van der Waals surface area contributed by atoms with Gasteiger partial charge >= 0.3 is 0 Å². The Balaban J connectivity index is 2.53. The van der Waals surface area contributed by atoms with E-state index in [2.05, 4.69) is 4.98 Å². The highest BCUT2D eigenvalue weighted by atomic mass is 35.5. The monoisotopic (exact) mass is 229 g/mol. The van der Waals surface area contributed by atoms with Gasteiger partial charge in [0.05, 0.1) is 4.34 Å². The van der Waals surface area contributed by atoms with Gasteiger partial charge in [-0.05, 0) is 12.1 Å². The van der Waals surface area contributed by atoms with E-state index in [0.717, 1.165) is 11.1 Å². The summed E-state index contributed by atoms with van der Waals surface area (Å²) in [5.74, 6) is 0. The Kier molecular flexibility index (Phi) is 2.54. The minimum atomic E-state index is 0.698. The van der Waals surface area contributed by atoms with Crippen molar-refractivity contribution in [1.82, 2.24) is 4.98 Å². The summed E-state index contributed by atoms with van der Waals surface area (Å²) in [7, 11) is 0. The first-order chi connectivity index (χ1) is 6.27. The summed E-state index contributed by atoms with van der Waals surface area (Å²) in [6.45, 7) is 0. The van der Waals surface area contributed by atoms with Gasteiger partial charge in [-0.25, -0.2) is 0 Å². The van der Waals surface area contributed by atoms with E-state index in [1.54, 1.807) is 12.4 Å². The summed E-state index contributed by atoms with van der Waals surface area (Å²) >= 11 is 13.2. The fourth-order valence-corrected chi connectivity index (χ4v) is 2.57. The van der Waals surface area contributed by atoms with Crippen molar-refractivity contribution in [3.63, 3.8) is 0 Å². The number of pyridine rings is 1. The van der Waals surface area contributed by atoms with Crippen molar-refractivity contribution < 1.29 is 0 Å². The maximum Gasteiger partial charge on any atom is 0.102 e. The van der Waals surface area contributed by atoms with E-state index >= 15 is 0 Å². The SMILES string of the molecule is Clc1cc(-c2cccnc2)c(Cl)s1. The molecule has 2 aromatic heterocycles. The zero-order valence-corrected chi connectivity index (χ0v) is 8.83. The quantitative estimate of drug-likeness (QED) is 0.718. The molecule has 0 amide bonds. The molecule has 2 heterocycles. The summed E-state index contributed by atoms with van der Waals surface area (Å²) in [5.41, 5.74) is 1.94. The van der Waals surface area contributed by atoms with E-state index in [9.17, 15) is 0 Å². The van der Waals surface area contributed by atoms with Crippen LogP contribution in [-0.4, -0.2) is 4.98 Å². The lowest BCUT2D eigenvalue weighted by Gasteiger charge is -1.95. The minimum Gasteiger partial charge on any atom is -0.264 e. The molecule has 2 rings (SSSR count). The molecule has 0 aliphatic carbocycles. The average Bonchev–Trinajstić information content (AvgIpc) is 2.47. The van der Waals surface area contributed by atoms with Crippen molar-refractivity contribution in [1.29, 1.82) is 0 Å². The number of aromatic nitrogens is 1. The summed E-state index contributed by atoms with van der Waals surface area (Å²) in [6, 6.07) is 5.68. The van der Waals surface area contributed by atoms with Gasteiger partial charge in [0.1, 0.15) is 4.34 Å². The second-order valence-corrected chi connectivity index (χ2v) is 4.77. The van der Waals surface area contributed by atoms with Crippen LogP contribution in [0, 0.1) is 0 Å². The summed E-state index contributed by atoms with van der Waals surface area (Å²) in [4.78, 5) is 4.01. The number of hydrogen-bond donors (Lipinski definition) is 0. The molecule has 0 aliphatic heterocycles. The van der Waals surface area contributed by atoms with Gasteiger partial charge in [0.15, 0.2) is 0 Å². The van der Waals surface area contributed by atoms with E-state index in [1.165, 1.54) is 11.3 Å². The topological polar surface area (TPSA) is 12.9 Å². The lowest BCUT2D eigenvalue weighted by atomic mass is 10.2. The smallest absolute Gasteiger partial charge is 0.102 e. The van der Waals surface area contributed by atoms with Crippen molar-refractivity contribution >= 4 is 34.5 Å². The van der Waals surface area contributed by atoms with Gasteiger partial charge in [0, 0.05) is 23.5 Å². The Labute approximate surface area is 90.0 Å². The van der Waals surface area contributed by atoms with Crippen LogP contribution < -0.4 is 0 Å². The molecule has 0 spiro atoms. The molecule has 0 aromatic carbocycles. The molecule has 13 heavy (non-hydrogen) atoms. The van der Waals surface area contributed by atoms with Crippen molar-refractivity contribution in [3.8, 4) is 11.1 Å². The van der Waals surface area contributed by atoms with Crippen molar-refractivity contribution in [2.45, 2.75) is 0 Å². The Morgan fingerprint density at radius 2 is 2.15 bits per heavy atom. The predicted octanol–water partition coefficient (Wildman–Crippen LogP) is 4.12. The van der Waals surface area contributed by atoms with Crippen molar-refractivity contribution in [2.24, 2.45) is 0 Å². The predicted molar refractivity (Wildman–Crippen MR) is 57.6 cm³/mol. The van der Waals surface area contributed by atoms with Crippen LogP contribution in [0.3, 0.4) is 0 Å². The number of thiophene rings is 1. The summed E-state index contributed by atoms with van der Waals surface area (Å²) < 4.78 is 1.40. The molecule has 0 radical (unpaired) electrons. The zero-order chi connectivity index (χ0) is 9.26. The van der Waals surface area contributed by atoms with E-state index in [0.29, 0.717) is 8.67 Å². The highest BCUT2D eigenvalue weighted by Crippen LogP contribution is 2.37. The Hall–Kier alpha value is -0.570. The molecule has 0 aliphatic rings. The second kappa shape index (κ2) is 3.66. The van der Waals surface area contributed by atoms with E-state index in [4.69, 9.17) is 23.2 Å². The minimum absolute atomic E-state index is 0.698. The fraction of sp³-hybridized carbons (Fsp3) is 0. The van der Waals surface area contributed by atoms with Crippen LogP contribution in [0.15, 0.2) is 30.6 Å². The van der Waals surface area contributed by atoms with Gasteiger partial charge < -0.3 is 0 Å². The summed E-state index contributed by atoms with van der Waals surface area (Å²) in [5, 5.41) is 0. The van der Waals surface area contributed by atoms with Gasteiger partial charge in [-0.3, -0.25) is 4.98 Å². The van der Waals surface area contributed by atoms with Crippen LogP contribution in [0.1, 0.15) is 0 Å². The first kappa shape index (κ1) is 9.00. The molecule has 0 N–H and O–H groups in total. The first-order valence-electron chi connectivity index (χ1n) is 3.62. The molecule has 66 valence electrons. The largest absolute Gasteiger partial charge is 0.264 e. The van der Waals surface area contributed by atoms with Gasteiger partial charge in [-0.15, -0.1) is 11.3 Å². The van der Waals surface area contributed by atoms with E-state index < -0.39 is 0 Å². The highest BCUT2D eigenvalue weighted by Gasteiger charge is 2.07. The third-order valence-corrected chi connectivity index (χ3v) is 3.12. The molecular formula is C9H5Cl2NS. The van der Waals surface area contributed by atoms with Crippen LogP contribution >= 0.6 is 34.5 Å². The third kappa shape index (κ3) is 1.85. The molecule has 2 aromatic rings. The number of rotatable bonds is 1. The highest BCUT2D eigenvalue weighted by molar-refractivity contribution is 7.20. The van der Waals surface area contributed by atoms with Crippen LogP contribution in [0.4, 0.5) is 0 Å². The maximum absolute atomic E-state index is 5.99. The van der Waals surface area contributed by atoms with Crippen molar-refractivity contribution in [2.75, 3.05) is 0 Å². The Morgan fingerprint density at radius 3 is 2.69 bits per heavy atom. The van der Waals surface area contributed by atoms with Gasteiger partial charge in [-0.1, -0.05) is 29.3 Å². The number of nitrogens with zero attached hydrogens (tertiary/aromatic N) is 1. The van der Waals surface area contributed by atoms with Crippen LogP contribution in [0.25, 0.3) is 11.1 Å². The number of hydrogen-bond acceptors (Lipinski definition) is 2. The molecule has 0 bridgehead atoms. The Morgan fingerprint density at radius 1 is 1.31 bits per heavy atom. The summed E-state index contributed by atoms with van der Waals surface area (Å²) in [6.07, 6.45) is 3.50. The molecule has 4 heteroatoms. The van der Waals surface area contributed by atoms with Gasteiger partial charge in [0.25, 0.3) is 0 Å². The zero-order valence-electron chi connectivity index (χ0n) is 6.50. The van der Waals surface area contributed by atoms with Gasteiger partial charge in [-0.2, -0.15) is 0 Å². The fourth-order valence-electron chi connectivity index (χ4n) is 1.06. The molecule has 0 saturated carbocycles. The molecule has 0 fully saturated rings. The lowest BCUT2D eigenvalue weighted by Crippen LogP contribution is -1.75. The maximum atomic E-state index is 5.99. The third-order valence-electron chi connectivity index (χ3n) is 1.63. The molecular weight excluding hydrogens is 225 g/mol. The Bertz CT molecular complexity index is 411. The second-order valence-electron chi connectivity index (χ2n) is 2.48. The average molecular weight is 230 g/mol. The van der Waals surface area contributed by atoms with Crippen molar-refractivity contribution in [3.05, 3.63) is 39.3 Å². The van der Waals surface area contributed by atoms with E-state index in [1.807, 2.05) is 18.2 Å². The van der Waals surface area contributed by atoms with E-state index in [-0.39, 0.29) is 0 Å². The van der Waals surface area contributed by atoms with Crippen LogP contribution in [0.2, 0.25) is 8.67 Å². The number of halogens is 2.